The summed E-state index contributed by atoms with van der Waals surface area (Å²) in [7, 11) is 1.70. The van der Waals surface area contributed by atoms with Gasteiger partial charge in [0.2, 0.25) is 0 Å². The van der Waals surface area contributed by atoms with Crippen LogP contribution in [0.4, 0.5) is 8.78 Å². The lowest BCUT2D eigenvalue weighted by Gasteiger charge is -2.29. The summed E-state index contributed by atoms with van der Waals surface area (Å²) in [5.74, 6) is -1.07. The molecule has 0 amide bonds. The van der Waals surface area contributed by atoms with Crippen LogP contribution in [0.2, 0.25) is 0 Å². The van der Waals surface area contributed by atoms with Crippen molar-refractivity contribution >= 4 is 11.2 Å². The Kier molecular flexibility index (Phi) is 5.65. The van der Waals surface area contributed by atoms with E-state index in [1.54, 1.807) is 19.3 Å². The van der Waals surface area contributed by atoms with Gasteiger partial charge in [0.1, 0.15) is 28.7 Å². The van der Waals surface area contributed by atoms with E-state index in [1.807, 2.05) is 19.9 Å². The molecular formula is C25H23F2N5O2. The number of rotatable bonds is 3. The van der Waals surface area contributed by atoms with Crippen molar-refractivity contribution in [2.75, 3.05) is 6.61 Å². The van der Waals surface area contributed by atoms with Crippen LogP contribution in [0.5, 0.6) is 0 Å². The first-order valence-corrected chi connectivity index (χ1v) is 11.1. The largest absolute Gasteiger partial charge is 0.373 e. The second-order valence-electron chi connectivity index (χ2n) is 8.58. The van der Waals surface area contributed by atoms with Gasteiger partial charge in [-0.1, -0.05) is 0 Å². The predicted octanol–water partition coefficient (Wildman–Crippen LogP) is 4.32. The van der Waals surface area contributed by atoms with E-state index in [0.717, 1.165) is 6.07 Å². The highest BCUT2D eigenvalue weighted by Crippen LogP contribution is 2.37. The molecule has 0 bridgehead atoms. The van der Waals surface area contributed by atoms with Crippen molar-refractivity contribution in [1.82, 2.24) is 24.5 Å². The molecule has 1 fully saturated rings. The fourth-order valence-electron chi connectivity index (χ4n) is 4.29. The molecule has 0 N–H and O–H groups in total. The smallest absolute Gasteiger partial charge is 0.256 e. The molecule has 3 aromatic heterocycles. The van der Waals surface area contributed by atoms with Gasteiger partial charge in [-0.3, -0.25) is 4.79 Å². The average molecular weight is 463 g/mol. The molecule has 5 rings (SSSR count). The zero-order chi connectivity index (χ0) is 24.0. The number of pyridine rings is 1. The Morgan fingerprint density at radius 2 is 1.85 bits per heavy atom. The van der Waals surface area contributed by atoms with Crippen LogP contribution < -0.4 is 5.56 Å². The molecule has 1 aromatic carbocycles. The van der Waals surface area contributed by atoms with E-state index in [0.29, 0.717) is 53.4 Å². The number of hydrogen-bond acceptors (Lipinski definition) is 6. The number of benzene rings is 1. The van der Waals surface area contributed by atoms with Crippen molar-refractivity contribution in [2.24, 2.45) is 7.05 Å². The predicted molar refractivity (Wildman–Crippen MR) is 122 cm³/mol. The first-order valence-electron chi connectivity index (χ1n) is 11.1. The summed E-state index contributed by atoms with van der Waals surface area (Å²) in [6.07, 6.45) is 2.42. The summed E-state index contributed by atoms with van der Waals surface area (Å²) in [6, 6.07) is 6.96. The van der Waals surface area contributed by atoms with Crippen molar-refractivity contribution in [3.8, 4) is 11.3 Å². The van der Waals surface area contributed by atoms with Gasteiger partial charge < -0.3 is 9.30 Å². The van der Waals surface area contributed by atoms with E-state index in [4.69, 9.17) is 9.72 Å². The van der Waals surface area contributed by atoms with Gasteiger partial charge in [0.15, 0.2) is 5.65 Å². The van der Waals surface area contributed by atoms with Gasteiger partial charge in [0, 0.05) is 43.0 Å². The van der Waals surface area contributed by atoms with E-state index in [2.05, 4.69) is 15.0 Å². The summed E-state index contributed by atoms with van der Waals surface area (Å²) in [5, 5.41) is 0. The number of hydrogen-bond donors (Lipinski definition) is 0. The quantitative estimate of drug-likeness (QED) is 0.450. The molecule has 9 heteroatoms. The minimum absolute atomic E-state index is 0.112. The maximum absolute atomic E-state index is 14.8. The Labute approximate surface area is 194 Å². The van der Waals surface area contributed by atoms with Gasteiger partial charge in [-0.25, -0.2) is 28.7 Å². The Hall–Kier alpha value is -3.59. The normalized spacial score (nSPS) is 18.4. The lowest BCUT2D eigenvalue weighted by atomic mass is 9.91. The fraction of sp³-hybridized carbons (Fsp3) is 0.320. The molecular weight excluding hydrogens is 440 g/mol. The topological polar surface area (TPSA) is 82.8 Å². The zero-order valence-corrected chi connectivity index (χ0v) is 19.0. The fourth-order valence-corrected chi connectivity index (χ4v) is 4.29. The van der Waals surface area contributed by atoms with Crippen LogP contribution >= 0.6 is 0 Å². The van der Waals surface area contributed by atoms with Crippen LogP contribution in [0.3, 0.4) is 0 Å². The standard InChI is InChI=1S/C25H23F2N5O2/c1-13-14(2)29-24-22(28-13)21(17-7-6-16(26)12-19(17)27)30-23(31-24)15-8-10-34-20(11-15)18-5-4-9-32(3)25(18)33/h4-7,9,12,15,20H,8,10-11H2,1-3H3/t15-,20-/m0/s1. The number of fused-ring (bicyclic) bond motifs is 1. The molecule has 1 saturated heterocycles. The van der Waals surface area contributed by atoms with Crippen molar-refractivity contribution in [2.45, 2.75) is 38.7 Å². The second kappa shape index (κ2) is 8.64. The molecule has 34 heavy (non-hydrogen) atoms. The summed E-state index contributed by atoms with van der Waals surface area (Å²) in [6.45, 7) is 4.06. The van der Waals surface area contributed by atoms with Crippen LogP contribution in [0.25, 0.3) is 22.4 Å². The van der Waals surface area contributed by atoms with E-state index in [1.165, 1.54) is 16.7 Å². The molecule has 0 saturated carbocycles. The van der Waals surface area contributed by atoms with E-state index < -0.39 is 17.7 Å². The highest BCUT2D eigenvalue weighted by Gasteiger charge is 2.30. The SMILES string of the molecule is Cc1nc2nc([C@H]3CCO[C@H](c4cccn(C)c4=O)C3)nc(-c3ccc(F)cc3F)c2nc1C. The maximum atomic E-state index is 14.8. The van der Waals surface area contributed by atoms with Crippen LogP contribution in [0.1, 0.15) is 47.6 Å². The lowest BCUT2D eigenvalue weighted by Crippen LogP contribution is -2.28. The lowest BCUT2D eigenvalue weighted by molar-refractivity contribution is 0.00300. The van der Waals surface area contributed by atoms with Gasteiger partial charge in [0.05, 0.1) is 17.5 Å². The number of nitrogens with zero attached hydrogens (tertiary/aromatic N) is 5. The average Bonchev–Trinajstić information content (AvgIpc) is 2.81. The molecule has 0 unspecified atom stereocenters. The van der Waals surface area contributed by atoms with Gasteiger partial charge in [-0.2, -0.15) is 0 Å². The van der Waals surface area contributed by atoms with Crippen molar-refractivity contribution < 1.29 is 13.5 Å². The minimum Gasteiger partial charge on any atom is -0.373 e. The summed E-state index contributed by atoms with van der Waals surface area (Å²) in [5.41, 5.74) is 2.97. The van der Waals surface area contributed by atoms with Crippen LogP contribution in [0.15, 0.2) is 41.3 Å². The van der Waals surface area contributed by atoms with Crippen LogP contribution in [-0.2, 0) is 11.8 Å². The molecule has 1 aliphatic rings. The van der Waals surface area contributed by atoms with Crippen LogP contribution in [0, 0.1) is 25.5 Å². The first-order chi connectivity index (χ1) is 16.3. The Morgan fingerprint density at radius 1 is 1.06 bits per heavy atom. The van der Waals surface area contributed by atoms with E-state index in [-0.39, 0.29) is 22.7 Å². The minimum atomic E-state index is -0.733. The highest BCUT2D eigenvalue weighted by molar-refractivity contribution is 5.87. The zero-order valence-electron chi connectivity index (χ0n) is 19.0. The number of aryl methyl sites for hydroxylation is 3. The Morgan fingerprint density at radius 3 is 2.65 bits per heavy atom. The second-order valence-corrected chi connectivity index (χ2v) is 8.58. The third kappa shape index (κ3) is 3.96. The molecule has 0 spiro atoms. The molecule has 0 aliphatic carbocycles. The molecule has 1 aliphatic heterocycles. The summed E-state index contributed by atoms with van der Waals surface area (Å²) in [4.78, 5) is 31.2. The third-order valence-electron chi connectivity index (χ3n) is 6.29. The molecule has 7 nitrogen and oxygen atoms in total. The summed E-state index contributed by atoms with van der Waals surface area (Å²) >= 11 is 0. The number of ether oxygens (including phenoxy) is 1. The molecule has 4 aromatic rings. The number of halogens is 2. The van der Waals surface area contributed by atoms with Crippen molar-refractivity contribution in [3.05, 3.63) is 81.3 Å². The van der Waals surface area contributed by atoms with Crippen LogP contribution in [-0.4, -0.2) is 31.1 Å². The first kappa shape index (κ1) is 22.2. The van der Waals surface area contributed by atoms with Gasteiger partial charge in [-0.15, -0.1) is 0 Å². The van der Waals surface area contributed by atoms with Gasteiger partial charge in [0.25, 0.3) is 5.56 Å². The van der Waals surface area contributed by atoms with E-state index >= 15 is 0 Å². The monoisotopic (exact) mass is 463 g/mol. The van der Waals surface area contributed by atoms with Gasteiger partial charge >= 0.3 is 0 Å². The molecule has 2 atom stereocenters. The highest BCUT2D eigenvalue weighted by atomic mass is 19.1. The maximum Gasteiger partial charge on any atom is 0.256 e. The number of aromatic nitrogens is 5. The third-order valence-corrected chi connectivity index (χ3v) is 6.29. The molecule has 174 valence electrons. The Balaban J connectivity index is 1.63. The summed E-state index contributed by atoms with van der Waals surface area (Å²) < 4.78 is 35.8. The van der Waals surface area contributed by atoms with Crippen molar-refractivity contribution in [3.63, 3.8) is 0 Å². The molecule has 4 heterocycles. The van der Waals surface area contributed by atoms with Gasteiger partial charge in [-0.05, 0) is 51.0 Å². The van der Waals surface area contributed by atoms with E-state index in [9.17, 15) is 13.6 Å². The molecule has 0 radical (unpaired) electrons. The van der Waals surface area contributed by atoms with Crippen molar-refractivity contribution in [1.29, 1.82) is 0 Å². The Bertz CT molecular complexity index is 1470.